The number of hydrogen-bond donors (Lipinski definition) is 2. The van der Waals surface area contributed by atoms with E-state index >= 15 is 0 Å². The Bertz CT molecular complexity index is 1370. The maximum absolute atomic E-state index is 14.8. The van der Waals surface area contributed by atoms with E-state index < -0.39 is 22.8 Å². The fourth-order valence-corrected chi connectivity index (χ4v) is 5.35. The van der Waals surface area contributed by atoms with Crippen LogP contribution >= 0.6 is 24.8 Å². The van der Waals surface area contributed by atoms with Crippen LogP contribution in [0.2, 0.25) is 0 Å². The number of likely N-dealkylation sites (tertiary alicyclic amines) is 1. The van der Waals surface area contributed by atoms with Crippen LogP contribution in [-0.2, 0) is 18.7 Å². The monoisotopic (exact) mass is 557 g/mol. The van der Waals surface area contributed by atoms with Crippen LogP contribution < -0.4 is 20.3 Å². The van der Waals surface area contributed by atoms with E-state index in [0.29, 0.717) is 44.3 Å². The van der Waals surface area contributed by atoms with Crippen molar-refractivity contribution in [3.8, 4) is 11.5 Å². The largest absolute Gasteiger partial charge is 0.486 e. The minimum Gasteiger partial charge on any atom is -0.486 e. The molecule has 0 radical (unpaired) electrons. The maximum Gasteiger partial charge on any atom is 0.287 e. The molecule has 1 fully saturated rings. The van der Waals surface area contributed by atoms with Crippen molar-refractivity contribution in [3.63, 3.8) is 0 Å². The second-order valence-corrected chi connectivity index (χ2v) is 9.38. The van der Waals surface area contributed by atoms with E-state index in [1.165, 1.54) is 0 Å². The summed E-state index contributed by atoms with van der Waals surface area (Å²) in [4.78, 5) is 22.7. The van der Waals surface area contributed by atoms with Crippen molar-refractivity contribution >= 4 is 35.8 Å². The Morgan fingerprint density at radius 1 is 1.05 bits per heavy atom. The average Bonchev–Trinajstić information content (AvgIpc) is 3.18. The number of hydrogen-bond acceptors (Lipinski definition) is 8. The highest BCUT2D eigenvalue weighted by Crippen LogP contribution is 2.38. The van der Waals surface area contributed by atoms with Crippen molar-refractivity contribution in [3.05, 3.63) is 57.8 Å². The van der Waals surface area contributed by atoms with Gasteiger partial charge in [0.05, 0.1) is 41.2 Å². The van der Waals surface area contributed by atoms with E-state index in [-0.39, 0.29) is 60.5 Å². The van der Waals surface area contributed by atoms with Crippen LogP contribution in [0.5, 0.6) is 11.5 Å². The quantitative estimate of drug-likeness (QED) is 0.492. The van der Waals surface area contributed by atoms with Gasteiger partial charge in [-0.05, 0) is 25.9 Å². The maximum atomic E-state index is 14.8. The predicted molar refractivity (Wildman–Crippen MR) is 136 cm³/mol. The number of fused-ring (bicyclic) bond motifs is 1. The van der Waals surface area contributed by atoms with Gasteiger partial charge < -0.3 is 24.5 Å². The third kappa shape index (κ3) is 4.98. The van der Waals surface area contributed by atoms with Gasteiger partial charge in [0, 0.05) is 31.3 Å². The molecule has 3 aliphatic rings. The highest BCUT2D eigenvalue weighted by molar-refractivity contribution is 5.85. The zero-order chi connectivity index (χ0) is 24.2. The summed E-state index contributed by atoms with van der Waals surface area (Å²) < 4.78 is 41.1. The number of ether oxygens (including phenoxy) is 2. The number of β-amino-alcohol motifs (C(OH)–C–C–N with tert-alkyl or cyclic N) is 1. The lowest BCUT2D eigenvalue weighted by atomic mass is 9.93. The Kier molecular flexibility index (Phi) is 7.91. The molecule has 3 aliphatic heterocycles. The number of aliphatic hydroxyl groups is 1. The van der Waals surface area contributed by atoms with Crippen LogP contribution in [0.3, 0.4) is 0 Å². The fourth-order valence-electron chi connectivity index (χ4n) is 5.35. The third-order valence-corrected chi connectivity index (χ3v) is 7.03. The molecule has 1 unspecified atom stereocenters. The molecule has 13 heteroatoms. The zero-order valence-electron chi connectivity index (χ0n) is 19.8. The molecule has 0 bridgehead atoms. The van der Waals surface area contributed by atoms with Gasteiger partial charge in [-0.1, -0.05) is 0 Å². The van der Waals surface area contributed by atoms with Gasteiger partial charge in [0.2, 0.25) is 0 Å². The van der Waals surface area contributed by atoms with Gasteiger partial charge in [-0.15, -0.1) is 24.8 Å². The minimum atomic E-state index is -1.64. The first-order chi connectivity index (χ1) is 16.9. The molecular formula is C24H27Cl2F2N5O4. The average molecular weight is 558 g/mol. The summed E-state index contributed by atoms with van der Waals surface area (Å²) in [6.45, 7) is 2.95. The first-order valence-electron chi connectivity index (χ1n) is 11.7. The van der Waals surface area contributed by atoms with E-state index in [1.807, 2.05) is 6.07 Å². The Hall–Kier alpha value is -2.57. The normalized spacial score (nSPS) is 20.9. The molecular weight excluding hydrogens is 531 g/mol. The van der Waals surface area contributed by atoms with E-state index in [4.69, 9.17) is 9.47 Å². The molecule has 0 aromatic carbocycles. The Labute approximate surface area is 223 Å². The fraction of sp³-hybridized carbons (Fsp3) is 0.458. The molecule has 3 aromatic rings. The standard InChI is InChI=1S/C24H25F2N5O4.2ClH/c25-16-8-18-22-21(17(26)10-29-18)24(33,13-31(22)23(16)32)12-30-3-1-14(2-4-30)27-9-15-7-19-20(11-28-15)35-6-5-34-19;;/h7-8,10-11,14,27,33H,1-6,9,12-13H2;2*1H. The van der Waals surface area contributed by atoms with E-state index in [0.717, 1.165) is 35.4 Å². The minimum absolute atomic E-state index is 0. The highest BCUT2D eigenvalue weighted by atomic mass is 35.5. The molecule has 9 nitrogen and oxygen atoms in total. The van der Waals surface area contributed by atoms with Gasteiger partial charge in [-0.3, -0.25) is 19.7 Å². The Balaban J connectivity index is 0.00000160. The molecule has 1 saturated heterocycles. The number of pyridine rings is 3. The van der Waals surface area contributed by atoms with Gasteiger partial charge in [0.15, 0.2) is 17.3 Å². The molecule has 0 aliphatic carbocycles. The molecule has 1 atom stereocenters. The first kappa shape index (κ1) is 27.5. The van der Waals surface area contributed by atoms with Crippen LogP contribution in [-0.4, -0.2) is 63.4 Å². The Morgan fingerprint density at radius 2 is 1.78 bits per heavy atom. The number of nitrogens with zero attached hydrogens (tertiary/aromatic N) is 4. The molecule has 0 saturated carbocycles. The molecule has 0 amide bonds. The van der Waals surface area contributed by atoms with Crippen LogP contribution in [0.15, 0.2) is 29.3 Å². The molecule has 3 aromatic heterocycles. The van der Waals surface area contributed by atoms with Crippen molar-refractivity contribution in [2.24, 2.45) is 0 Å². The van der Waals surface area contributed by atoms with Gasteiger partial charge in [-0.25, -0.2) is 8.78 Å². The second-order valence-electron chi connectivity index (χ2n) is 9.38. The summed E-state index contributed by atoms with van der Waals surface area (Å²) in [5.74, 6) is -0.291. The molecule has 2 N–H and O–H groups in total. The van der Waals surface area contributed by atoms with Crippen LogP contribution in [0.4, 0.5) is 8.78 Å². The summed E-state index contributed by atoms with van der Waals surface area (Å²) in [7, 11) is 0. The van der Waals surface area contributed by atoms with Crippen LogP contribution in [0.25, 0.3) is 11.0 Å². The molecule has 0 spiro atoms. The SMILES string of the molecule is Cl.Cl.O=c1c(F)cc2ncc(F)c3c2n1CC3(O)CN1CCC(NCc2cc3c(cn2)OCCO3)CC1. The van der Waals surface area contributed by atoms with Crippen molar-refractivity contribution in [1.82, 2.24) is 24.8 Å². The first-order valence-corrected chi connectivity index (χ1v) is 11.7. The highest BCUT2D eigenvalue weighted by Gasteiger charge is 2.43. The number of aromatic nitrogens is 3. The summed E-state index contributed by atoms with van der Waals surface area (Å²) in [6.07, 6.45) is 4.32. The zero-order valence-corrected chi connectivity index (χ0v) is 21.4. The molecule has 37 heavy (non-hydrogen) atoms. The van der Waals surface area contributed by atoms with Crippen molar-refractivity contribution in [1.29, 1.82) is 0 Å². The van der Waals surface area contributed by atoms with Crippen molar-refractivity contribution in [2.45, 2.75) is 37.6 Å². The van der Waals surface area contributed by atoms with E-state index in [1.54, 1.807) is 6.20 Å². The van der Waals surface area contributed by atoms with Crippen molar-refractivity contribution < 1.29 is 23.4 Å². The summed E-state index contributed by atoms with van der Waals surface area (Å²) in [5, 5.41) is 15.0. The topological polar surface area (TPSA) is 102 Å². The molecule has 200 valence electrons. The predicted octanol–water partition coefficient (Wildman–Crippen LogP) is 2.14. The second kappa shape index (κ2) is 10.7. The lowest BCUT2D eigenvalue weighted by Gasteiger charge is -2.37. The lowest BCUT2D eigenvalue weighted by molar-refractivity contribution is -0.0160. The van der Waals surface area contributed by atoms with E-state index in [2.05, 4.69) is 20.2 Å². The van der Waals surface area contributed by atoms with Gasteiger partial charge in [0.1, 0.15) is 24.6 Å². The van der Waals surface area contributed by atoms with Gasteiger partial charge in [-0.2, -0.15) is 0 Å². The third-order valence-electron chi connectivity index (χ3n) is 7.03. The van der Waals surface area contributed by atoms with Gasteiger partial charge >= 0.3 is 0 Å². The van der Waals surface area contributed by atoms with Crippen molar-refractivity contribution in [2.75, 3.05) is 32.8 Å². The number of rotatable bonds is 5. The van der Waals surface area contributed by atoms with E-state index in [9.17, 15) is 18.7 Å². The lowest BCUT2D eigenvalue weighted by Crippen LogP contribution is -2.48. The Morgan fingerprint density at radius 3 is 2.54 bits per heavy atom. The smallest absolute Gasteiger partial charge is 0.287 e. The summed E-state index contributed by atoms with van der Waals surface area (Å²) >= 11 is 0. The summed E-state index contributed by atoms with van der Waals surface area (Å²) in [5.41, 5.74) is -1.31. The van der Waals surface area contributed by atoms with Crippen LogP contribution in [0.1, 0.15) is 24.1 Å². The summed E-state index contributed by atoms with van der Waals surface area (Å²) in [6, 6.07) is 3.15. The molecule has 6 rings (SSSR count). The number of nitrogens with one attached hydrogen (secondary N) is 1. The number of piperidine rings is 1. The molecule has 6 heterocycles. The van der Waals surface area contributed by atoms with Crippen LogP contribution in [0, 0.1) is 11.6 Å². The number of halogens is 4. The van der Waals surface area contributed by atoms with Gasteiger partial charge in [0.25, 0.3) is 5.56 Å².